The third-order valence-corrected chi connectivity index (χ3v) is 4.12. The molecule has 0 aromatic carbocycles. The predicted molar refractivity (Wildman–Crippen MR) is 67.5 cm³/mol. The molecular formula is C12H22O3S. The first-order valence-corrected chi connectivity index (χ1v) is 6.65. The number of carboxylic acid groups (broad SMARTS) is 1. The van der Waals surface area contributed by atoms with Crippen molar-refractivity contribution in [1.29, 1.82) is 0 Å². The Morgan fingerprint density at radius 2 is 1.81 bits per heavy atom. The van der Waals surface area contributed by atoms with Crippen molar-refractivity contribution in [2.75, 3.05) is 5.75 Å². The highest BCUT2D eigenvalue weighted by Crippen LogP contribution is 2.37. The highest BCUT2D eigenvalue weighted by molar-refractivity contribution is 8.13. The van der Waals surface area contributed by atoms with Gasteiger partial charge in [0.25, 0.3) is 0 Å². The van der Waals surface area contributed by atoms with Crippen LogP contribution in [0.2, 0.25) is 0 Å². The molecule has 0 saturated heterocycles. The Bertz CT molecular complexity index is 261. The maximum absolute atomic E-state index is 11.8. The molecule has 94 valence electrons. The topological polar surface area (TPSA) is 54.4 Å². The lowest BCUT2D eigenvalue weighted by Crippen LogP contribution is -2.38. The second kappa shape index (κ2) is 6.28. The largest absolute Gasteiger partial charge is 0.481 e. The first kappa shape index (κ1) is 15.5. The molecule has 0 saturated carbocycles. The van der Waals surface area contributed by atoms with Gasteiger partial charge in [-0.05, 0) is 11.2 Å². The van der Waals surface area contributed by atoms with Gasteiger partial charge in [-0.1, -0.05) is 52.8 Å². The van der Waals surface area contributed by atoms with Crippen LogP contribution in [-0.2, 0) is 9.59 Å². The maximum atomic E-state index is 11.8. The van der Waals surface area contributed by atoms with E-state index in [1.54, 1.807) is 6.92 Å². The predicted octanol–water partition coefficient (Wildman–Crippen LogP) is 3.04. The molecule has 0 aliphatic heterocycles. The van der Waals surface area contributed by atoms with Crippen LogP contribution in [0.4, 0.5) is 0 Å². The van der Waals surface area contributed by atoms with Crippen LogP contribution >= 0.6 is 11.8 Å². The maximum Gasteiger partial charge on any atom is 0.307 e. The Morgan fingerprint density at radius 1 is 1.31 bits per heavy atom. The van der Waals surface area contributed by atoms with Gasteiger partial charge in [-0.25, -0.2) is 0 Å². The monoisotopic (exact) mass is 246 g/mol. The summed E-state index contributed by atoms with van der Waals surface area (Å²) in [5, 5.41) is 9.25. The van der Waals surface area contributed by atoms with Crippen molar-refractivity contribution in [1.82, 2.24) is 0 Å². The summed E-state index contributed by atoms with van der Waals surface area (Å²) in [6, 6.07) is 0. The van der Waals surface area contributed by atoms with Crippen molar-refractivity contribution in [2.45, 2.75) is 41.0 Å². The average Bonchev–Trinajstić information content (AvgIpc) is 2.17. The second-order valence-electron chi connectivity index (χ2n) is 4.70. The first-order chi connectivity index (χ1) is 7.27. The summed E-state index contributed by atoms with van der Waals surface area (Å²) in [5.74, 6) is -1.21. The molecule has 0 aromatic heterocycles. The molecule has 3 nitrogen and oxygen atoms in total. The molecule has 4 heteroatoms. The van der Waals surface area contributed by atoms with E-state index in [1.807, 2.05) is 27.7 Å². The van der Waals surface area contributed by atoms with E-state index in [-0.39, 0.29) is 10.5 Å². The minimum Gasteiger partial charge on any atom is -0.481 e. The van der Waals surface area contributed by atoms with Crippen LogP contribution in [0.3, 0.4) is 0 Å². The fourth-order valence-electron chi connectivity index (χ4n) is 1.85. The van der Waals surface area contributed by atoms with E-state index in [0.29, 0.717) is 5.75 Å². The van der Waals surface area contributed by atoms with Crippen LogP contribution in [0.5, 0.6) is 0 Å². The molecule has 1 N–H and O–H groups in total. The Hall–Kier alpha value is -0.510. The van der Waals surface area contributed by atoms with Gasteiger partial charge in [-0.3, -0.25) is 9.59 Å². The summed E-state index contributed by atoms with van der Waals surface area (Å²) in [5.41, 5.74) is -0.352. The number of carboxylic acids is 1. The van der Waals surface area contributed by atoms with Crippen molar-refractivity contribution in [3.05, 3.63) is 0 Å². The van der Waals surface area contributed by atoms with Gasteiger partial charge in [0.1, 0.15) is 0 Å². The third-order valence-electron chi connectivity index (χ3n) is 3.18. The van der Waals surface area contributed by atoms with Crippen LogP contribution in [-0.4, -0.2) is 21.9 Å². The van der Waals surface area contributed by atoms with Gasteiger partial charge < -0.3 is 5.11 Å². The Balaban J connectivity index is 4.93. The van der Waals surface area contributed by atoms with Crippen LogP contribution in [0.1, 0.15) is 41.0 Å². The molecule has 0 aliphatic rings. The van der Waals surface area contributed by atoms with Gasteiger partial charge in [0.2, 0.25) is 0 Å². The summed E-state index contributed by atoms with van der Waals surface area (Å²) < 4.78 is 0. The summed E-state index contributed by atoms with van der Waals surface area (Å²) in [7, 11) is 0. The van der Waals surface area contributed by atoms with E-state index in [9.17, 15) is 14.7 Å². The molecule has 0 heterocycles. The molecule has 0 rings (SSSR count). The highest BCUT2D eigenvalue weighted by atomic mass is 32.2. The molecule has 16 heavy (non-hydrogen) atoms. The molecule has 0 spiro atoms. The van der Waals surface area contributed by atoms with Crippen LogP contribution in [0.15, 0.2) is 0 Å². The van der Waals surface area contributed by atoms with Gasteiger partial charge in [0.05, 0.1) is 5.92 Å². The quantitative estimate of drug-likeness (QED) is 0.782. The average molecular weight is 246 g/mol. The molecule has 0 aromatic rings. The fourth-order valence-corrected chi connectivity index (χ4v) is 2.54. The zero-order valence-electron chi connectivity index (χ0n) is 10.7. The number of carbonyl (C=O) groups excluding carboxylic acids is 1. The number of thioether (sulfide) groups is 1. The highest BCUT2D eigenvalue weighted by Gasteiger charge is 2.40. The lowest BCUT2D eigenvalue weighted by molar-refractivity contribution is -0.150. The van der Waals surface area contributed by atoms with E-state index in [1.165, 1.54) is 11.8 Å². The van der Waals surface area contributed by atoms with Crippen molar-refractivity contribution < 1.29 is 14.7 Å². The van der Waals surface area contributed by atoms with Crippen molar-refractivity contribution in [3.63, 3.8) is 0 Å². The second-order valence-corrected chi connectivity index (χ2v) is 5.97. The summed E-state index contributed by atoms with van der Waals surface area (Å²) in [6.45, 7) is 9.40. The van der Waals surface area contributed by atoms with E-state index in [0.717, 1.165) is 6.42 Å². The summed E-state index contributed by atoms with van der Waals surface area (Å²) >= 11 is 1.21. The number of rotatable bonds is 6. The van der Waals surface area contributed by atoms with E-state index in [4.69, 9.17) is 0 Å². The molecule has 0 radical (unpaired) electrons. The zero-order chi connectivity index (χ0) is 12.9. The molecular weight excluding hydrogens is 224 g/mol. The van der Waals surface area contributed by atoms with Gasteiger partial charge in [-0.15, -0.1) is 0 Å². The smallest absolute Gasteiger partial charge is 0.307 e. The van der Waals surface area contributed by atoms with E-state index in [2.05, 4.69) is 0 Å². The number of hydrogen-bond donors (Lipinski definition) is 1. The normalized spacial score (nSPS) is 15.6. The van der Waals surface area contributed by atoms with Crippen LogP contribution < -0.4 is 0 Å². The van der Waals surface area contributed by atoms with Crippen LogP contribution in [0.25, 0.3) is 0 Å². The lowest BCUT2D eigenvalue weighted by atomic mass is 9.71. The molecule has 2 atom stereocenters. The molecule has 0 amide bonds. The SMILES string of the molecule is CCSC(=O)C(C)C(C(=O)O)C(C)(C)CC. The van der Waals surface area contributed by atoms with E-state index < -0.39 is 17.8 Å². The number of carbonyl (C=O) groups is 2. The Kier molecular flexibility index (Phi) is 6.08. The minimum absolute atomic E-state index is 0.0172. The van der Waals surface area contributed by atoms with Gasteiger partial charge in [0, 0.05) is 5.92 Å². The summed E-state index contributed by atoms with van der Waals surface area (Å²) in [6.07, 6.45) is 0.748. The number of hydrogen-bond acceptors (Lipinski definition) is 3. The molecule has 0 aliphatic carbocycles. The fraction of sp³-hybridized carbons (Fsp3) is 0.833. The standard InChI is InChI=1S/C12H22O3S/c1-6-12(4,5)9(10(13)14)8(3)11(15)16-7-2/h8-9H,6-7H2,1-5H3,(H,13,14). The Labute approximate surface area is 102 Å². The lowest BCUT2D eigenvalue weighted by Gasteiger charge is -2.33. The number of aliphatic carboxylic acids is 1. The molecule has 0 bridgehead atoms. The van der Waals surface area contributed by atoms with Gasteiger partial charge in [-0.2, -0.15) is 0 Å². The van der Waals surface area contributed by atoms with Gasteiger partial charge in [0.15, 0.2) is 5.12 Å². The van der Waals surface area contributed by atoms with Crippen molar-refractivity contribution >= 4 is 22.8 Å². The third kappa shape index (κ3) is 3.81. The van der Waals surface area contributed by atoms with E-state index >= 15 is 0 Å². The minimum atomic E-state index is -0.871. The zero-order valence-corrected chi connectivity index (χ0v) is 11.6. The molecule has 2 unspecified atom stereocenters. The van der Waals surface area contributed by atoms with Crippen molar-refractivity contribution in [3.8, 4) is 0 Å². The van der Waals surface area contributed by atoms with Crippen LogP contribution in [0, 0.1) is 17.3 Å². The Morgan fingerprint density at radius 3 is 2.12 bits per heavy atom. The summed E-state index contributed by atoms with van der Waals surface area (Å²) in [4.78, 5) is 23.0. The van der Waals surface area contributed by atoms with Crippen molar-refractivity contribution in [2.24, 2.45) is 17.3 Å². The first-order valence-electron chi connectivity index (χ1n) is 5.67. The van der Waals surface area contributed by atoms with Gasteiger partial charge >= 0.3 is 5.97 Å². The molecule has 0 fully saturated rings.